The number of carbonyl (C=O) groups is 2. The van der Waals surface area contributed by atoms with Crippen molar-refractivity contribution in [3.63, 3.8) is 0 Å². The number of nitrogens with zero attached hydrogens (tertiary/aromatic N) is 2. The standard InChI is InChI=1S/C15H16N2O4/c1-2-7-16-13(18)10-8-15(9-10,14(16)19)11-3-5-12(6-4-11)17(20)21/h3-6,10H,2,7-9H2,1H3. The van der Waals surface area contributed by atoms with E-state index in [1.54, 1.807) is 12.1 Å². The maximum Gasteiger partial charge on any atom is 0.269 e. The molecule has 0 atom stereocenters. The monoisotopic (exact) mass is 288 g/mol. The van der Waals surface area contributed by atoms with E-state index in [4.69, 9.17) is 0 Å². The molecular formula is C15H16N2O4. The van der Waals surface area contributed by atoms with Crippen LogP contribution in [-0.2, 0) is 15.0 Å². The van der Waals surface area contributed by atoms with Gasteiger partial charge in [0, 0.05) is 24.6 Å². The number of piperidine rings is 2. The first kappa shape index (κ1) is 13.7. The van der Waals surface area contributed by atoms with Crippen LogP contribution >= 0.6 is 0 Å². The van der Waals surface area contributed by atoms with Crippen molar-refractivity contribution in [1.82, 2.24) is 4.90 Å². The van der Waals surface area contributed by atoms with Crippen LogP contribution in [0.25, 0.3) is 0 Å². The Morgan fingerprint density at radius 1 is 1.29 bits per heavy atom. The van der Waals surface area contributed by atoms with E-state index >= 15 is 0 Å². The molecular weight excluding hydrogens is 272 g/mol. The molecule has 1 aromatic carbocycles. The molecule has 1 aliphatic carbocycles. The van der Waals surface area contributed by atoms with E-state index in [0.29, 0.717) is 19.4 Å². The maximum atomic E-state index is 12.7. The van der Waals surface area contributed by atoms with Crippen molar-refractivity contribution in [1.29, 1.82) is 0 Å². The Labute approximate surface area is 121 Å². The summed E-state index contributed by atoms with van der Waals surface area (Å²) in [5.41, 5.74) is 0.141. The van der Waals surface area contributed by atoms with Crippen molar-refractivity contribution >= 4 is 17.5 Å². The lowest BCUT2D eigenvalue weighted by atomic mass is 9.55. The van der Waals surface area contributed by atoms with Crippen LogP contribution in [0.4, 0.5) is 5.69 Å². The lowest BCUT2D eigenvalue weighted by Gasteiger charge is -2.53. The van der Waals surface area contributed by atoms with Crippen molar-refractivity contribution in [3.05, 3.63) is 39.9 Å². The van der Waals surface area contributed by atoms with Crippen LogP contribution in [-0.4, -0.2) is 28.2 Å². The first-order chi connectivity index (χ1) is 9.99. The Morgan fingerprint density at radius 2 is 1.90 bits per heavy atom. The zero-order valence-electron chi connectivity index (χ0n) is 11.7. The number of imide groups is 1. The van der Waals surface area contributed by atoms with Gasteiger partial charge in [-0.2, -0.15) is 0 Å². The number of amides is 2. The number of fused-ring (bicyclic) bond motifs is 2. The smallest absolute Gasteiger partial charge is 0.269 e. The Balaban J connectivity index is 1.93. The number of hydrogen-bond donors (Lipinski definition) is 0. The molecule has 3 aliphatic rings. The number of nitro benzene ring substituents is 1. The average Bonchev–Trinajstić information content (AvgIpc) is 2.42. The van der Waals surface area contributed by atoms with Gasteiger partial charge >= 0.3 is 0 Å². The minimum absolute atomic E-state index is 0.00997. The summed E-state index contributed by atoms with van der Waals surface area (Å²) in [5, 5.41) is 10.7. The Morgan fingerprint density at radius 3 is 2.43 bits per heavy atom. The summed E-state index contributed by atoms with van der Waals surface area (Å²) in [6.45, 7) is 2.38. The van der Waals surface area contributed by atoms with Gasteiger partial charge in [-0.3, -0.25) is 24.6 Å². The molecule has 1 saturated carbocycles. The molecule has 0 aromatic heterocycles. The normalized spacial score (nSPS) is 27.5. The van der Waals surface area contributed by atoms with E-state index in [0.717, 1.165) is 12.0 Å². The van der Waals surface area contributed by atoms with Crippen molar-refractivity contribution < 1.29 is 14.5 Å². The molecule has 0 radical (unpaired) electrons. The number of benzene rings is 1. The third-order valence-corrected chi connectivity index (χ3v) is 4.54. The molecule has 0 N–H and O–H groups in total. The van der Waals surface area contributed by atoms with Crippen LogP contribution in [0.2, 0.25) is 0 Å². The Kier molecular flexibility index (Phi) is 3.04. The molecule has 110 valence electrons. The highest BCUT2D eigenvalue weighted by molar-refractivity contribution is 6.07. The fourth-order valence-electron chi connectivity index (χ4n) is 3.41. The van der Waals surface area contributed by atoms with E-state index < -0.39 is 10.3 Å². The third kappa shape index (κ3) is 1.86. The molecule has 0 unspecified atom stereocenters. The molecule has 3 fully saturated rings. The molecule has 6 nitrogen and oxygen atoms in total. The van der Waals surface area contributed by atoms with Gasteiger partial charge in [0.1, 0.15) is 0 Å². The molecule has 2 saturated heterocycles. The van der Waals surface area contributed by atoms with Gasteiger partial charge < -0.3 is 0 Å². The number of non-ortho nitro benzene ring substituents is 1. The van der Waals surface area contributed by atoms with E-state index in [-0.39, 0.29) is 23.4 Å². The van der Waals surface area contributed by atoms with Crippen molar-refractivity contribution in [2.45, 2.75) is 31.6 Å². The maximum absolute atomic E-state index is 12.7. The number of hydrogen-bond acceptors (Lipinski definition) is 4. The van der Waals surface area contributed by atoms with Crippen LogP contribution in [0.5, 0.6) is 0 Å². The highest BCUT2D eigenvalue weighted by atomic mass is 16.6. The summed E-state index contributed by atoms with van der Waals surface area (Å²) < 4.78 is 0. The first-order valence-electron chi connectivity index (χ1n) is 7.10. The van der Waals surface area contributed by atoms with Crippen molar-refractivity contribution in [2.75, 3.05) is 6.54 Å². The molecule has 2 bridgehead atoms. The lowest BCUT2D eigenvalue weighted by molar-refractivity contribution is -0.384. The molecule has 6 heteroatoms. The summed E-state index contributed by atoms with van der Waals surface area (Å²) >= 11 is 0. The predicted octanol–water partition coefficient (Wildman–Crippen LogP) is 2.02. The van der Waals surface area contributed by atoms with Gasteiger partial charge in [0.25, 0.3) is 5.69 Å². The highest BCUT2D eigenvalue weighted by Crippen LogP contribution is 2.53. The van der Waals surface area contributed by atoms with E-state index in [9.17, 15) is 19.7 Å². The molecule has 4 rings (SSSR count). The van der Waals surface area contributed by atoms with Gasteiger partial charge in [-0.1, -0.05) is 19.1 Å². The molecule has 2 heterocycles. The molecule has 21 heavy (non-hydrogen) atoms. The molecule has 2 amide bonds. The van der Waals surface area contributed by atoms with Gasteiger partial charge in [-0.15, -0.1) is 0 Å². The Hall–Kier alpha value is -2.24. The fourth-order valence-corrected chi connectivity index (χ4v) is 3.41. The summed E-state index contributed by atoms with van der Waals surface area (Å²) in [7, 11) is 0. The topological polar surface area (TPSA) is 80.5 Å². The summed E-state index contributed by atoms with van der Waals surface area (Å²) in [6.07, 6.45) is 1.80. The summed E-state index contributed by atoms with van der Waals surface area (Å²) in [6, 6.07) is 6.13. The quantitative estimate of drug-likeness (QED) is 0.482. The zero-order chi connectivity index (χ0) is 15.2. The van der Waals surface area contributed by atoms with Gasteiger partial charge in [0.05, 0.1) is 10.3 Å². The second-order valence-electron chi connectivity index (χ2n) is 5.79. The SMILES string of the molecule is CCCN1C(=O)C2CC(c3ccc([N+](=O)[O-])cc3)(C2)C1=O. The zero-order valence-corrected chi connectivity index (χ0v) is 11.7. The second kappa shape index (κ2) is 4.65. The largest absolute Gasteiger partial charge is 0.282 e. The van der Waals surface area contributed by atoms with E-state index in [1.165, 1.54) is 17.0 Å². The molecule has 2 aliphatic heterocycles. The second-order valence-corrected chi connectivity index (χ2v) is 5.79. The minimum atomic E-state index is -0.650. The fraction of sp³-hybridized carbons (Fsp3) is 0.467. The first-order valence-corrected chi connectivity index (χ1v) is 7.10. The molecule has 1 aromatic rings. The third-order valence-electron chi connectivity index (χ3n) is 4.54. The van der Waals surface area contributed by atoms with E-state index in [1.807, 2.05) is 6.92 Å². The number of rotatable bonds is 4. The molecule has 0 spiro atoms. The summed E-state index contributed by atoms with van der Waals surface area (Å²) in [4.78, 5) is 36.4. The van der Waals surface area contributed by atoms with Crippen LogP contribution in [0, 0.1) is 16.0 Å². The predicted molar refractivity (Wildman–Crippen MR) is 74.5 cm³/mol. The van der Waals surface area contributed by atoms with Crippen LogP contribution in [0.15, 0.2) is 24.3 Å². The average molecular weight is 288 g/mol. The van der Waals surface area contributed by atoms with Gasteiger partial charge in [-0.25, -0.2) is 0 Å². The number of nitro groups is 1. The van der Waals surface area contributed by atoms with E-state index in [2.05, 4.69) is 0 Å². The van der Waals surface area contributed by atoms with Crippen LogP contribution in [0.3, 0.4) is 0 Å². The lowest BCUT2D eigenvalue weighted by Crippen LogP contribution is -2.65. The van der Waals surface area contributed by atoms with Gasteiger partial charge in [0.15, 0.2) is 0 Å². The van der Waals surface area contributed by atoms with Crippen molar-refractivity contribution in [2.24, 2.45) is 5.92 Å². The Bertz CT molecular complexity index is 617. The van der Waals surface area contributed by atoms with Gasteiger partial charge in [-0.05, 0) is 24.8 Å². The van der Waals surface area contributed by atoms with Crippen LogP contribution < -0.4 is 0 Å². The van der Waals surface area contributed by atoms with Crippen molar-refractivity contribution in [3.8, 4) is 0 Å². The number of carbonyl (C=O) groups excluding carboxylic acids is 2. The van der Waals surface area contributed by atoms with Gasteiger partial charge in [0.2, 0.25) is 11.8 Å². The van der Waals surface area contributed by atoms with Crippen LogP contribution in [0.1, 0.15) is 31.7 Å². The summed E-state index contributed by atoms with van der Waals surface area (Å²) in [5.74, 6) is -0.291. The minimum Gasteiger partial charge on any atom is -0.282 e. The highest BCUT2D eigenvalue weighted by Gasteiger charge is 2.61.